The van der Waals surface area contributed by atoms with Crippen molar-refractivity contribution in [3.63, 3.8) is 0 Å². The molecule has 0 amide bonds. The quantitative estimate of drug-likeness (QED) is 0.375. The maximum atomic E-state index is 13.7. The molecular weight excluding hydrogens is 462 g/mol. The average Bonchev–Trinajstić information content (AvgIpc) is 3.46. The molecule has 6 fully saturated rings. The van der Waals surface area contributed by atoms with Gasteiger partial charge in [0.15, 0.2) is 17.8 Å². The van der Waals surface area contributed by atoms with E-state index in [4.69, 9.17) is 23.7 Å². The minimum absolute atomic E-state index is 0.190. The molecule has 4 aliphatic heterocycles. The highest BCUT2D eigenvalue weighted by molar-refractivity contribution is 5.94. The Kier molecular flexibility index (Phi) is 4.42. The Balaban J connectivity index is 1.62. The van der Waals surface area contributed by atoms with Gasteiger partial charge >= 0.3 is 17.9 Å². The Bertz CT molecular complexity index is 1020. The molecule has 0 aromatic carbocycles. The van der Waals surface area contributed by atoms with Crippen LogP contribution in [0, 0.1) is 28.1 Å². The van der Waals surface area contributed by atoms with Crippen molar-refractivity contribution in [2.75, 3.05) is 27.2 Å². The fraction of sp³-hybridized carbons (Fsp3) is 0.875. The van der Waals surface area contributed by atoms with Crippen molar-refractivity contribution in [3.05, 3.63) is 0 Å². The lowest BCUT2D eigenvalue weighted by atomic mass is 9.51. The molecule has 194 valence electrons. The Hall–Kier alpha value is -1.79. The number of carbonyl (C=O) groups excluding carboxylic acids is 3. The zero-order valence-electron chi connectivity index (χ0n) is 20.8. The molecule has 6 aliphatic rings. The molecule has 0 aromatic heterocycles. The van der Waals surface area contributed by atoms with Crippen LogP contribution in [0.1, 0.15) is 34.1 Å². The fourth-order valence-electron chi connectivity index (χ4n) is 8.65. The minimum Gasteiger partial charge on any atom is -0.459 e. The maximum absolute atomic E-state index is 13.7. The SMILES string of the molecule is C[C@@H]1C(=O)O[C@H]2C(O)C34[C@H]5CC(C(C)(C)C)C36[C@H](OC(=O)[C@@H]6OCCN(C)C)OC4(C(=O)O5)[C@@]12O. The van der Waals surface area contributed by atoms with Gasteiger partial charge < -0.3 is 38.8 Å². The van der Waals surface area contributed by atoms with Crippen LogP contribution in [0.4, 0.5) is 0 Å². The smallest absolute Gasteiger partial charge is 0.343 e. The molecule has 4 saturated heterocycles. The molecule has 11 nitrogen and oxygen atoms in total. The van der Waals surface area contributed by atoms with E-state index < -0.39 is 82.0 Å². The normalized spacial score (nSPS) is 53.4. The first-order valence-corrected chi connectivity index (χ1v) is 12.2. The van der Waals surface area contributed by atoms with Gasteiger partial charge in [0.25, 0.3) is 0 Å². The molecule has 5 unspecified atom stereocenters. The summed E-state index contributed by atoms with van der Waals surface area (Å²) in [6, 6.07) is 0. The Labute approximate surface area is 202 Å². The summed E-state index contributed by atoms with van der Waals surface area (Å²) in [7, 11) is 3.75. The van der Waals surface area contributed by atoms with E-state index in [1.54, 1.807) is 0 Å². The van der Waals surface area contributed by atoms with Gasteiger partial charge in [-0.05, 0) is 38.8 Å². The van der Waals surface area contributed by atoms with Gasteiger partial charge in [-0.25, -0.2) is 9.59 Å². The highest BCUT2D eigenvalue weighted by Gasteiger charge is 3.04. The summed E-state index contributed by atoms with van der Waals surface area (Å²) in [6.07, 6.45) is -6.01. The molecule has 4 heterocycles. The monoisotopic (exact) mass is 495 g/mol. The number of rotatable bonds is 4. The van der Waals surface area contributed by atoms with Crippen LogP contribution in [0.2, 0.25) is 0 Å². The third-order valence-corrected chi connectivity index (χ3v) is 9.79. The van der Waals surface area contributed by atoms with Gasteiger partial charge in [-0.2, -0.15) is 0 Å². The van der Waals surface area contributed by atoms with Crippen molar-refractivity contribution in [3.8, 4) is 0 Å². The molecule has 0 bridgehead atoms. The summed E-state index contributed by atoms with van der Waals surface area (Å²) in [5, 5.41) is 24.1. The number of carbonyl (C=O) groups is 3. The lowest BCUT2D eigenvalue weighted by molar-refractivity contribution is -0.240. The van der Waals surface area contributed by atoms with E-state index in [1.165, 1.54) is 6.92 Å². The van der Waals surface area contributed by atoms with Crippen LogP contribution in [-0.4, -0.2) is 102 Å². The molecular formula is C24H33NO10. The Morgan fingerprint density at radius 1 is 1.11 bits per heavy atom. The second-order valence-electron chi connectivity index (χ2n) is 12.3. The largest absolute Gasteiger partial charge is 0.459 e. The molecule has 2 saturated carbocycles. The van der Waals surface area contributed by atoms with Crippen molar-refractivity contribution < 1.29 is 48.3 Å². The van der Waals surface area contributed by atoms with Gasteiger partial charge in [0.05, 0.1) is 23.4 Å². The van der Waals surface area contributed by atoms with Gasteiger partial charge in [0.2, 0.25) is 11.9 Å². The van der Waals surface area contributed by atoms with Gasteiger partial charge in [-0.15, -0.1) is 0 Å². The topological polar surface area (TPSA) is 141 Å². The summed E-state index contributed by atoms with van der Waals surface area (Å²) in [5.41, 5.74) is -7.81. The highest BCUT2D eigenvalue weighted by Crippen LogP contribution is 2.84. The number of hydrogen-bond acceptors (Lipinski definition) is 11. The second kappa shape index (κ2) is 6.55. The van der Waals surface area contributed by atoms with E-state index in [0.717, 1.165) is 0 Å². The number of likely N-dealkylation sites (N-methyl/N-ethyl adjacent to an activating group) is 1. The van der Waals surface area contributed by atoms with E-state index in [2.05, 4.69) is 0 Å². The van der Waals surface area contributed by atoms with Crippen LogP contribution in [0.25, 0.3) is 0 Å². The van der Waals surface area contributed by atoms with Gasteiger partial charge in [-0.3, -0.25) is 4.79 Å². The molecule has 0 aromatic rings. The van der Waals surface area contributed by atoms with Crippen LogP contribution in [0.5, 0.6) is 0 Å². The fourth-order valence-corrected chi connectivity index (χ4v) is 8.65. The van der Waals surface area contributed by atoms with Crippen molar-refractivity contribution >= 4 is 17.9 Å². The van der Waals surface area contributed by atoms with Crippen LogP contribution in [-0.2, 0) is 38.1 Å². The van der Waals surface area contributed by atoms with Crippen molar-refractivity contribution in [1.82, 2.24) is 4.90 Å². The van der Waals surface area contributed by atoms with Gasteiger partial charge in [0.1, 0.15) is 12.2 Å². The highest BCUT2D eigenvalue weighted by atomic mass is 16.8. The molecule has 11 heteroatoms. The maximum Gasteiger partial charge on any atom is 0.343 e. The predicted molar refractivity (Wildman–Crippen MR) is 114 cm³/mol. The van der Waals surface area contributed by atoms with Crippen molar-refractivity contribution in [1.29, 1.82) is 0 Å². The zero-order valence-corrected chi connectivity index (χ0v) is 20.8. The number of aliphatic hydroxyl groups excluding tert-OH is 1. The van der Waals surface area contributed by atoms with E-state index >= 15 is 0 Å². The first kappa shape index (κ1) is 23.6. The first-order valence-electron chi connectivity index (χ1n) is 12.2. The molecule has 11 atom stereocenters. The number of fused-ring (bicyclic) bond motifs is 1. The van der Waals surface area contributed by atoms with Gasteiger partial charge in [-0.1, -0.05) is 20.8 Å². The number of aliphatic hydroxyl groups is 2. The minimum atomic E-state index is -2.21. The van der Waals surface area contributed by atoms with E-state index in [0.29, 0.717) is 13.0 Å². The Morgan fingerprint density at radius 2 is 1.80 bits per heavy atom. The van der Waals surface area contributed by atoms with Crippen LogP contribution < -0.4 is 0 Å². The number of hydrogen-bond donors (Lipinski definition) is 2. The lowest BCUT2D eigenvalue weighted by Crippen LogP contribution is -2.67. The second-order valence-corrected chi connectivity index (χ2v) is 12.3. The standard InChI is InChI=1S/C24H33NO10/c1-10-16(27)33-14-13(26)22-12-9-11(20(2,3)4)21(22)15(31-8-7-25(5)6)17(28)34-19(21)35-24(22,18(29)32-12)23(10,14)30/h10-15,19,26,30H,7-9H2,1-6H3/t10-,11?,12-,13?,14+,15+,19-,21?,22?,23-,24?/m1/s1. The van der Waals surface area contributed by atoms with Crippen LogP contribution in [0.3, 0.4) is 0 Å². The number of esters is 3. The molecule has 2 aliphatic carbocycles. The third-order valence-electron chi connectivity index (χ3n) is 9.79. The first-order chi connectivity index (χ1) is 16.2. The van der Waals surface area contributed by atoms with Crippen LogP contribution >= 0.6 is 0 Å². The summed E-state index contributed by atoms with van der Waals surface area (Å²) in [6.45, 7) is 8.16. The van der Waals surface area contributed by atoms with Crippen molar-refractivity contribution in [2.45, 2.75) is 76.0 Å². The molecule has 2 spiro atoms. The van der Waals surface area contributed by atoms with E-state index in [9.17, 15) is 24.6 Å². The average molecular weight is 496 g/mol. The van der Waals surface area contributed by atoms with E-state index in [-0.39, 0.29) is 12.5 Å². The zero-order chi connectivity index (χ0) is 25.5. The van der Waals surface area contributed by atoms with E-state index in [1.807, 2.05) is 39.8 Å². The summed E-state index contributed by atoms with van der Waals surface area (Å²) in [4.78, 5) is 41.5. The summed E-state index contributed by atoms with van der Waals surface area (Å²) >= 11 is 0. The molecule has 35 heavy (non-hydrogen) atoms. The third kappa shape index (κ3) is 2.10. The predicted octanol–water partition coefficient (Wildman–Crippen LogP) is -0.784. The summed E-state index contributed by atoms with van der Waals surface area (Å²) in [5.74, 6) is -3.80. The Morgan fingerprint density at radius 3 is 2.43 bits per heavy atom. The lowest BCUT2D eigenvalue weighted by Gasteiger charge is -2.48. The summed E-state index contributed by atoms with van der Waals surface area (Å²) < 4.78 is 29.7. The molecule has 2 N–H and O–H groups in total. The number of nitrogens with zero attached hydrogens (tertiary/aromatic N) is 1. The number of ether oxygens (including phenoxy) is 5. The van der Waals surface area contributed by atoms with Gasteiger partial charge in [0, 0.05) is 6.54 Å². The van der Waals surface area contributed by atoms with Crippen molar-refractivity contribution in [2.24, 2.45) is 28.1 Å². The van der Waals surface area contributed by atoms with Crippen LogP contribution in [0.15, 0.2) is 0 Å². The molecule has 0 radical (unpaired) electrons. The molecule has 6 rings (SSSR count).